The number of nitrogens with one attached hydrogen (secondary N) is 1. The van der Waals surface area contributed by atoms with E-state index in [1.54, 1.807) is 18.3 Å². The minimum Gasteiger partial charge on any atom is -0.351 e. The number of anilines is 1. The van der Waals surface area contributed by atoms with E-state index < -0.39 is 0 Å². The van der Waals surface area contributed by atoms with Gasteiger partial charge in [0.15, 0.2) is 5.11 Å². The molecule has 4 aromatic rings. The van der Waals surface area contributed by atoms with E-state index in [9.17, 15) is 4.39 Å². The molecule has 1 N–H and O–H groups in total. The minimum atomic E-state index is -0.268. The molecule has 0 bridgehead atoms. The summed E-state index contributed by atoms with van der Waals surface area (Å²) >= 11 is 11.9. The lowest BCUT2D eigenvalue weighted by atomic mass is 10.0. The second kappa shape index (κ2) is 8.13. The molecule has 3 heterocycles. The van der Waals surface area contributed by atoms with E-state index >= 15 is 0 Å². The maximum Gasteiger partial charge on any atom is 0.174 e. The molecular weight excluding hydrogens is 431 g/mol. The summed E-state index contributed by atoms with van der Waals surface area (Å²) in [7, 11) is 0. The van der Waals surface area contributed by atoms with Gasteiger partial charge >= 0.3 is 0 Å². The Morgan fingerprint density at radius 2 is 1.65 bits per heavy atom. The maximum atomic E-state index is 13.5. The minimum absolute atomic E-state index is 0.168. The first-order valence-electron chi connectivity index (χ1n) is 9.81. The van der Waals surface area contributed by atoms with Gasteiger partial charge in [-0.25, -0.2) is 4.39 Å². The summed E-state index contributed by atoms with van der Waals surface area (Å²) in [6.07, 6.45) is 3.75. The Hall–Kier alpha value is -3.22. The number of aromatic nitrogens is 2. The highest BCUT2D eigenvalue weighted by Gasteiger charge is 2.42. The number of halogens is 2. The van der Waals surface area contributed by atoms with Gasteiger partial charge in [0.2, 0.25) is 0 Å². The van der Waals surface area contributed by atoms with Crippen molar-refractivity contribution in [1.82, 2.24) is 14.9 Å². The first-order valence-corrected chi connectivity index (χ1v) is 10.6. The molecule has 0 amide bonds. The Labute approximate surface area is 189 Å². The summed E-state index contributed by atoms with van der Waals surface area (Å²) < 4.78 is 15.6. The largest absolute Gasteiger partial charge is 0.351 e. The maximum absolute atomic E-state index is 13.5. The van der Waals surface area contributed by atoms with E-state index in [1.165, 1.54) is 12.1 Å². The van der Waals surface area contributed by atoms with E-state index in [4.69, 9.17) is 23.8 Å². The van der Waals surface area contributed by atoms with Gasteiger partial charge in [-0.05, 0) is 85.0 Å². The predicted molar refractivity (Wildman–Crippen MR) is 125 cm³/mol. The van der Waals surface area contributed by atoms with Crippen molar-refractivity contribution < 1.29 is 4.39 Å². The SMILES string of the molecule is Fc1ccc(-n2cccc2[C@H]2[C@H](c3ccccn3)NC(=S)N2c2ccc(Cl)cc2)cc1. The molecule has 2 aromatic heterocycles. The zero-order valence-corrected chi connectivity index (χ0v) is 17.9. The van der Waals surface area contributed by atoms with Crippen molar-refractivity contribution in [1.29, 1.82) is 0 Å². The normalized spacial score (nSPS) is 18.3. The van der Waals surface area contributed by atoms with E-state index in [1.807, 2.05) is 54.7 Å². The zero-order chi connectivity index (χ0) is 21.4. The summed E-state index contributed by atoms with van der Waals surface area (Å²) in [5, 5.41) is 4.72. The Morgan fingerprint density at radius 1 is 0.903 bits per heavy atom. The lowest BCUT2D eigenvalue weighted by Crippen LogP contribution is -2.30. The fourth-order valence-corrected chi connectivity index (χ4v) is 4.48. The highest BCUT2D eigenvalue weighted by molar-refractivity contribution is 7.80. The van der Waals surface area contributed by atoms with Crippen molar-refractivity contribution in [2.24, 2.45) is 0 Å². The summed E-state index contributed by atoms with van der Waals surface area (Å²) in [5.74, 6) is -0.268. The van der Waals surface area contributed by atoms with Gasteiger partial charge in [0.05, 0.1) is 11.7 Å². The molecule has 2 atom stereocenters. The fraction of sp³-hybridized carbons (Fsp3) is 0.0833. The predicted octanol–water partition coefficient (Wildman–Crippen LogP) is 5.84. The zero-order valence-electron chi connectivity index (χ0n) is 16.3. The topological polar surface area (TPSA) is 33.1 Å². The highest BCUT2D eigenvalue weighted by Crippen LogP contribution is 2.42. The molecule has 7 heteroatoms. The lowest BCUT2D eigenvalue weighted by molar-refractivity contribution is 0.549. The van der Waals surface area contributed by atoms with Crippen molar-refractivity contribution in [3.05, 3.63) is 113 Å². The van der Waals surface area contributed by atoms with E-state index in [2.05, 4.69) is 25.8 Å². The van der Waals surface area contributed by atoms with E-state index in [0.717, 1.165) is 22.8 Å². The van der Waals surface area contributed by atoms with Crippen molar-refractivity contribution in [2.45, 2.75) is 12.1 Å². The first kappa shape index (κ1) is 19.7. The molecule has 31 heavy (non-hydrogen) atoms. The van der Waals surface area contributed by atoms with E-state index in [0.29, 0.717) is 10.1 Å². The molecule has 154 valence electrons. The van der Waals surface area contributed by atoms with Gasteiger partial charge in [-0.3, -0.25) is 4.98 Å². The smallest absolute Gasteiger partial charge is 0.174 e. The van der Waals surface area contributed by atoms with Crippen LogP contribution < -0.4 is 10.2 Å². The van der Waals surface area contributed by atoms with Crippen LogP contribution in [0.1, 0.15) is 23.5 Å². The Kier molecular flexibility index (Phi) is 5.18. The average molecular weight is 449 g/mol. The molecule has 4 nitrogen and oxygen atoms in total. The van der Waals surface area contributed by atoms with Crippen molar-refractivity contribution in [2.75, 3.05) is 4.90 Å². The number of benzene rings is 2. The quantitative estimate of drug-likeness (QED) is 0.397. The molecule has 0 aliphatic carbocycles. The van der Waals surface area contributed by atoms with Crippen molar-refractivity contribution in [3.8, 4) is 5.69 Å². The van der Waals surface area contributed by atoms with Gasteiger partial charge in [-0.2, -0.15) is 0 Å². The van der Waals surface area contributed by atoms with Crippen molar-refractivity contribution in [3.63, 3.8) is 0 Å². The molecular formula is C24H18ClFN4S. The Bertz CT molecular complexity index is 1210. The van der Waals surface area contributed by atoms with Crippen molar-refractivity contribution >= 4 is 34.6 Å². The van der Waals surface area contributed by atoms with Gasteiger partial charge in [0.25, 0.3) is 0 Å². The van der Waals surface area contributed by atoms with Crippen LogP contribution in [0.25, 0.3) is 5.69 Å². The molecule has 1 aliphatic rings. The third kappa shape index (κ3) is 3.69. The third-order valence-electron chi connectivity index (χ3n) is 5.39. The molecule has 2 aromatic carbocycles. The number of hydrogen-bond donors (Lipinski definition) is 1. The first-order chi connectivity index (χ1) is 15.1. The molecule has 0 spiro atoms. The second-order valence-corrected chi connectivity index (χ2v) is 8.08. The molecule has 1 aliphatic heterocycles. The number of rotatable bonds is 4. The number of hydrogen-bond acceptors (Lipinski definition) is 2. The van der Waals surface area contributed by atoms with Crippen LogP contribution in [0.5, 0.6) is 0 Å². The van der Waals surface area contributed by atoms with Gasteiger partial charge < -0.3 is 14.8 Å². The lowest BCUT2D eigenvalue weighted by Gasteiger charge is -2.29. The van der Waals surface area contributed by atoms with Crippen LogP contribution in [0.15, 0.2) is 91.3 Å². The number of nitrogens with zero attached hydrogens (tertiary/aromatic N) is 3. The number of pyridine rings is 1. The Morgan fingerprint density at radius 3 is 2.35 bits per heavy atom. The molecule has 0 saturated carbocycles. The molecule has 0 unspecified atom stereocenters. The van der Waals surface area contributed by atoms with Gasteiger partial charge in [-0.1, -0.05) is 17.7 Å². The number of thiocarbonyl (C=S) groups is 1. The van der Waals surface area contributed by atoms with Gasteiger partial charge in [0, 0.05) is 34.5 Å². The molecule has 5 rings (SSSR count). The molecule has 0 radical (unpaired) electrons. The van der Waals surface area contributed by atoms with Crippen LogP contribution >= 0.6 is 23.8 Å². The van der Waals surface area contributed by atoms with Crippen LogP contribution in [0.3, 0.4) is 0 Å². The second-order valence-electron chi connectivity index (χ2n) is 7.25. The van der Waals surface area contributed by atoms with Crippen LogP contribution in [-0.2, 0) is 0 Å². The van der Waals surface area contributed by atoms with Gasteiger partial charge in [0.1, 0.15) is 11.9 Å². The standard InChI is InChI=1S/C24H18ClFN4S/c25-16-6-10-19(11-7-16)30-23(22(28-24(30)31)20-4-1-2-14-27-20)21-5-3-15-29(21)18-12-8-17(26)9-13-18/h1-15,22-23H,(H,28,31)/t22-,23-/m0/s1. The summed E-state index contributed by atoms with van der Waals surface area (Å²) in [6.45, 7) is 0. The van der Waals surface area contributed by atoms with Crippen LogP contribution in [0, 0.1) is 5.82 Å². The van der Waals surface area contributed by atoms with Crippen LogP contribution in [0.4, 0.5) is 10.1 Å². The summed E-state index contributed by atoms with van der Waals surface area (Å²) in [5.41, 5.74) is 3.69. The van der Waals surface area contributed by atoms with Crippen LogP contribution in [-0.4, -0.2) is 14.7 Å². The van der Waals surface area contributed by atoms with Crippen LogP contribution in [0.2, 0.25) is 5.02 Å². The van der Waals surface area contributed by atoms with E-state index in [-0.39, 0.29) is 17.9 Å². The molecule has 1 saturated heterocycles. The summed E-state index contributed by atoms with van der Waals surface area (Å²) in [6, 6.07) is 23.6. The summed E-state index contributed by atoms with van der Waals surface area (Å²) in [4.78, 5) is 6.67. The Balaban J connectivity index is 1.66. The fourth-order valence-electron chi connectivity index (χ4n) is 4.01. The monoisotopic (exact) mass is 448 g/mol. The molecule has 1 fully saturated rings. The highest BCUT2D eigenvalue weighted by atomic mass is 35.5. The average Bonchev–Trinajstić information content (AvgIpc) is 3.40. The van der Waals surface area contributed by atoms with Gasteiger partial charge in [-0.15, -0.1) is 0 Å². The third-order valence-corrected chi connectivity index (χ3v) is 5.96.